The lowest BCUT2D eigenvalue weighted by molar-refractivity contribution is 0.674. The van der Waals surface area contributed by atoms with E-state index in [2.05, 4.69) is 119 Å². The van der Waals surface area contributed by atoms with Crippen LogP contribution in [0, 0.1) is 0 Å². The van der Waals surface area contributed by atoms with Crippen LogP contribution in [-0.2, 0) is 0 Å². The number of amidine groups is 2. The van der Waals surface area contributed by atoms with Crippen molar-refractivity contribution in [1.82, 2.24) is 10.3 Å². The molecule has 1 aliphatic heterocycles. The van der Waals surface area contributed by atoms with E-state index in [1.54, 1.807) is 0 Å². The minimum atomic E-state index is -0.259. The summed E-state index contributed by atoms with van der Waals surface area (Å²) in [6.45, 7) is 0. The highest BCUT2D eigenvalue weighted by Gasteiger charge is 2.21. The van der Waals surface area contributed by atoms with Gasteiger partial charge in [-0.3, -0.25) is 4.98 Å². The second-order valence-electron chi connectivity index (χ2n) is 11.3. The van der Waals surface area contributed by atoms with E-state index < -0.39 is 0 Å². The SMILES string of the molecule is c1ccc(C2=NC(c3ccc(-c4cccc5c(-c6ccc(-c7ccccn7)cc6)cccc45)cc3)NC(c3ccccc3)=N2)cc1. The summed E-state index contributed by atoms with van der Waals surface area (Å²) >= 11 is 0. The van der Waals surface area contributed by atoms with Crippen LogP contribution < -0.4 is 5.32 Å². The van der Waals surface area contributed by atoms with Gasteiger partial charge in [0.25, 0.3) is 0 Å². The first kappa shape index (κ1) is 27.4. The number of aromatic nitrogens is 1. The molecule has 1 atom stereocenters. The van der Waals surface area contributed by atoms with Crippen LogP contribution >= 0.6 is 0 Å². The van der Waals surface area contributed by atoms with Gasteiger partial charge in [0.05, 0.1) is 5.69 Å². The predicted molar refractivity (Wildman–Crippen MR) is 190 cm³/mol. The average Bonchev–Trinajstić information content (AvgIpc) is 3.15. The van der Waals surface area contributed by atoms with E-state index in [-0.39, 0.29) is 6.17 Å². The van der Waals surface area contributed by atoms with Gasteiger partial charge < -0.3 is 5.32 Å². The molecule has 0 aliphatic carbocycles. The molecule has 0 fully saturated rings. The van der Waals surface area contributed by atoms with Gasteiger partial charge in [0.1, 0.15) is 12.0 Å². The van der Waals surface area contributed by atoms with Gasteiger partial charge in [0.2, 0.25) is 0 Å². The van der Waals surface area contributed by atoms with Gasteiger partial charge in [-0.1, -0.05) is 152 Å². The number of pyridine rings is 1. The summed E-state index contributed by atoms with van der Waals surface area (Å²) in [5.41, 5.74) is 9.96. The molecule has 0 saturated heterocycles. The maximum Gasteiger partial charge on any atom is 0.159 e. The van der Waals surface area contributed by atoms with Crippen LogP contribution in [0.5, 0.6) is 0 Å². The van der Waals surface area contributed by atoms with Crippen LogP contribution in [0.2, 0.25) is 0 Å². The van der Waals surface area contributed by atoms with E-state index in [0.29, 0.717) is 0 Å². The van der Waals surface area contributed by atoms with Gasteiger partial charge in [-0.05, 0) is 50.7 Å². The molecular weight excluding hydrogens is 560 g/mol. The van der Waals surface area contributed by atoms with Crippen molar-refractivity contribution in [3.8, 4) is 33.5 Å². The highest BCUT2D eigenvalue weighted by molar-refractivity contribution is 6.13. The van der Waals surface area contributed by atoms with Crippen molar-refractivity contribution in [3.63, 3.8) is 0 Å². The highest BCUT2D eigenvalue weighted by Crippen LogP contribution is 2.36. The summed E-state index contributed by atoms with van der Waals surface area (Å²) in [5, 5.41) is 6.02. The molecule has 218 valence electrons. The maximum absolute atomic E-state index is 5.04. The Balaban J connectivity index is 1.12. The topological polar surface area (TPSA) is 49.6 Å². The van der Waals surface area contributed by atoms with Gasteiger partial charge in [0.15, 0.2) is 5.84 Å². The predicted octanol–water partition coefficient (Wildman–Crippen LogP) is 9.73. The molecule has 0 spiro atoms. The maximum atomic E-state index is 5.04. The lowest BCUT2D eigenvalue weighted by atomic mass is 9.92. The van der Waals surface area contributed by atoms with Crippen molar-refractivity contribution in [1.29, 1.82) is 0 Å². The number of nitrogens with zero attached hydrogens (tertiary/aromatic N) is 3. The molecule has 0 amide bonds. The number of benzene rings is 6. The van der Waals surface area contributed by atoms with Gasteiger partial charge in [-0.2, -0.15) is 0 Å². The summed E-state index contributed by atoms with van der Waals surface area (Å²) < 4.78 is 0. The van der Waals surface area contributed by atoms with Crippen molar-refractivity contribution in [3.05, 3.63) is 187 Å². The third-order valence-corrected chi connectivity index (χ3v) is 8.44. The molecule has 0 saturated carbocycles. The monoisotopic (exact) mass is 590 g/mol. The van der Waals surface area contributed by atoms with Crippen molar-refractivity contribution >= 4 is 22.4 Å². The smallest absolute Gasteiger partial charge is 0.159 e. The molecule has 1 N–H and O–H groups in total. The lowest BCUT2D eigenvalue weighted by Gasteiger charge is -2.24. The van der Waals surface area contributed by atoms with E-state index in [1.807, 2.05) is 60.8 Å². The second-order valence-corrected chi connectivity index (χ2v) is 11.3. The minimum absolute atomic E-state index is 0.259. The van der Waals surface area contributed by atoms with E-state index in [4.69, 9.17) is 9.98 Å². The first-order chi connectivity index (χ1) is 22.8. The molecule has 7 aromatic rings. The van der Waals surface area contributed by atoms with Crippen LogP contribution in [0.15, 0.2) is 180 Å². The summed E-state index contributed by atoms with van der Waals surface area (Å²) in [6.07, 6.45) is 1.57. The first-order valence-corrected chi connectivity index (χ1v) is 15.5. The van der Waals surface area contributed by atoms with E-state index >= 15 is 0 Å². The summed E-state index contributed by atoms with van der Waals surface area (Å²) in [6, 6.07) is 57.0. The van der Waals surface area contributed by atoms with Crippen LogP contribution in [0.25, 0.3) is 44.3 Å². The number of rotatable bonds is 6. The van der Waals surface area contributed by atoms with Gasteiger partial charge in [-0.25, -0.2) is 9.98 Å². The van der Waals surface area contributed by atoms with Crippen LogP contribution in [-0.4, -0.2) is 16.7 Å². The Morgan fingerprint density at radius 2 is 1.00 bits per heavy atom. The third kappa shape index (κ3) is 5.37. The van der Waals surface area contributed by atoms with E-state index in [0.717, 1.165) is 45.2 Å². The Hall–Kier alpha value is -6.13. The van der Waals surface area contributed by atoms with Crippen molar-refractivity contribution in [2.24, 2.45) is 9.98 Å². The zero-order valence-corrected chi connectivity index (χ0v) is 25.1. The molecule has 4 heteroatoms. The second kappa shape index (κ2) is 12.1. The summed E-state index contributed by atoms with van der Waals surface area (Å²) in [7, 11) is 0. The minimum Gasteiger partial charge on any atom is -0.344 e. The van der Waals surface area contributed by atoms with E-state index in [9.17, 15) is 0 Å². The zero-order valence-electron chi connectivity index (χ0n) is 25.1. The standard InChI is InChI=1S/C42H30N4/c1-3-11-32(12-4-1)40-44-41(33-13-5-2-6-14-33)46-42(45-40)34-26-22-30(23-27-34)36-16-10-17-37-35(15-9-18-38(36)37)29-20-24-31(25-21-29)39-19-7-8-28-43-39/h1-28,42H,(H,44,45,46). The fraction of sp³-hybridized carbons (Fsp3) is 0.0238. The van der Waals surface area contributed by atoms with E-state index in [1.165, 1.54) is 27.5 Å². The fourth-order valence-electron chi connectivity index (χ4n) is 6.09. The zero-order chi connectivity index (χ0) is 30.7. The molecule has 0 radical (unpaired) electrons. The largest absolute Gasteiger partial charge is 0.344 e. The van der Waals surface area contributed by atoms with Gasteiger partial charge in [0, 0.05) is 22.9 Å². The number of aliphatic imine (C=N–C) groups is 2. The molecule has 1 aliphatic rings. The Morgan fingerprint density at radius 1 is 0.435 bits per heavy atom. The first-order valence-electron chi connectivity index (χ1n) is 15.5. The summed E-state index contributed by atoms with van der Waals surface area (Å²) in [4.78, 5) is 14.4. The Morgan fingerprint density at radius 3 is 1.61 bits per heavy atom. The molecular formula is C42H30N4. The Labute approximate surface area is 268 Å². The highest BCUT2D eigenvalue weighted by atomic mass is 15.2. The van der Waals surface area contributed by atoms with Crippen molar-refractivity contribution in [2.75, 3.05) is 0 Å². The third-order valence-electron chi connectivity index (χ3n) is 8.44. The quantitative estimate of drug-likeness (QED) is 0.210. The van der Waals surface area contributed by atoms with Gasteiger partial charge in [-0.15, -0.1) is 0 Å². The molecule has 1 unspecified atom stereocenters. The molecule has 46 heavy (non-hydrogen) atoms. The van der Waals surface area contributed by atoms with Crippen molar-refractivity contribution in [2.45, 2.75) is 6.17 Å². The van der Waals surface area contributed by atoms with Crippen LogP contribution in [0.4, 0.5) is 0 Å². The number of hydrogen-bond donors (Lipinski definition) is 1. The normalized spacial score (nSPS) is 14.3. The summed E-state index contributed by atoms with van der Waals surface area (Å²) in [5.74, 6) is 1.54. The molecule has 4 nitrogen and oxygen atoms in total. The number of fused-ring (bicyclic) bond motifs is 1. The van der Waals surface area contributed by atoms with Crippen molar-refractivity contribution < 1.29 is 0 Å². The molecule has 2 heterocycles. The van der Waals surface area contributed by atoms with Crippen LogP contribution in [0.3, 0.4) is 0 Å². The van der Waals surface area contributed by atoms with Crippen LogP contribution in [0.1, 0.15) is 22.9 Å². The lowest BCUT2D eigenvalue weighted by Crippen LogP contribution is -2.33. The number of nitrogens with one attached hydrogen (secondary N) is 1. The molecule has 8 rings (SSSR count). The Bertz CT molecular complexity index is 2190. The Kier molecular flexibility index (Phi) is 7.21. The molecule has 6 aromatic carbocycles. The number of hydrogen-bond acceptors (Lipinski definition) is 4. The average molecular weight is 591 g/mol. The van der Waals surface area contributed by atoms with Gasteiger partial charge >= 0.3 is 0 Å². The molecule has 1 aromatic heterocycles. The fourth-order valence-corrected chi connectivity index (χ4v) is 6.09. The molecule has 0 bridgehead atoms.